The lowest BCUT2D eigenvalue weighted by Gasteiger charge is -2.46. The van der Waals surface area contributed by atoms with Crippen LogP contribution in [0.15, 0.2) is 11.6 Å². The van der Waals surface area contributed by atoms with Gasteiger partial charge in [0.25, 0.3) is 0 Å². The van der Waals surface area contributed by atoms with Crippen LogP contribution < -0.4 is 0 Å². The van der Waals surface area contributed by atoms with Crippen LogP contribution in [0.2, 0.25) is 0 Å². The van der Waals surface area contributed by atoms with Crippen LogP contribution >= 0.6 is 0 Å². The molecule has 3 nitrogen and oxygen atoms in total. The van der Waals surface area contributed by atoms with Gasteiger partial charge in [0.2, 0.25) is 0 Å². The summed E-state index contributed by atoms with van der Waals surface area (Å²) < 4.78 is 6.71. The van der Waals surface area contributed by atoms with Crippen molar-refractivity contribution in [2.24, 2.45) is 23.7 Å². The Morgan fingerprint density at radius 3 is 2.47 bits per heavy atom. The molecule has 2 rings (SSSR count). The van der Waals surface area contributed by atoms with Gasteiger partial charge in [0.05, 0.1) is 17.3 Å². The Kier molecular flexibility index (Phi) is 10.5. The van der Waals surface area contributed by atoms with E-state index < -0.39 is 5.60 Å². The molecule has 0 amide bonds. The number of hydrogen-bond donors (Lipinski definition) is 1. The highest BCUT2D eigenvalue weighted by molar-refractivity contribution is 5.77. The molecule has 0 saturated carbocycles. The molecule has 1 aliphatic carbocycles. The molecule has 1 heterocycles. The summed E-state index contributed by atoms with van der Waals surface area (Å²) in [6.45, 7) is 15.0. The van der Waals surface area contributed by atoms with Crippen molar-refractivity contribution >= 4 is 5.78 Å². The van der Waals surface area contributed by atoms with Gasteiger partial charge in [-0.2, -0.15) is 0 Å². The van der Waals surface area contributed by atoms with Gasteiger partial charge in [-0.05, 0) is 95.5 Å². The number of ether oxygens (including phenoxy) is 1. The topological polar surface area (TPSA) is 46.5 Å². The molecule has 0 aromatic rings. The lowest BCUT2D eigenvalue weighted by molar-refractivity contribution is -0.125. The van der Waals surface area contributed by atoms with Gasteiger partial charge < -0.3 is 9.84 Å². The van der Waals surface area contributed by atoms with E-state index in [1.165, 1.54) is 32.1 Å². The fraction of sp³-hybridized carbons (Fsp3) is 0.897. The Morgan fingerprint density at radius 2 is 1.81 bits per heavy atom. The Balaban J connectivity index is 1.64. The Morgan fingerprint density at radius 1 is 1.19 bits per heavy atom. The highest BCUT2D eigenvalue weighted by atomic mass is 16.5. The van der Waals surface area contributed by atoms with Crippen molar-refractivity contribution in [3.63, 3.8) is 0 Å². The molecular formula is C29H52O3. The summed E-state index contributed by atoms with van der Waals surface area (Å²) in [7, 11) is 0. The zero-order valence-electron chi connectivity index (χ0n) is 22.2. The molecule has 186 valence electrons. The van der Waals surface area contributed by atoms with E-state index in [0.717, 1.165) is 50.9 Å². The maximum atomic E-state index is 11.4. The van der Waals surface area contributed by atoms with E-state index in [4.69, 9.17) is 4.74 Å². The molecular weight excluding hydrogens is 396 g/mol. The summed E-state index contributed by atoms with van der Waals surface area (Å²) in [5.74, 6) is 2.42. The zero-order chi connectivity index (χ0) is 23.9. The number of carbonyl (C=O) groups is 1. The second-order valence-electron chi connectivity index (χ2n) is 12.1. The van der Waals surface area contributed by atoms with E-state index in [2.05, 4.69) is 33.8 Å². The third-order valence-corrected chi connectivity index (χ3v) is 8.71. The molecule has 2 aliphatic rings. The average molecular weight is 449 g/mol. The molecule has 3 heteroatoms. The number of carbonyl (C=O) groups excluding carboxylic acids is 1. The summed E-state index contributed by atoms with van der Waals surface area (Å²) in [4.78, 5) is 11.4. The molecule has 0 radical (unpaired) electrons. The van der Waals surface area contributed by atoms with Gasteiger partial charge in [-0.25, -0.2) is 0 Å². The molecule has 7 unspecified atom stereocenters. The number of fused-ring (bicyclic) bond motifs is 1. The van der Waals surface area contributed by atoms with Crippen LogP contribution in [0.5, 0.6) is 0 Å². The molecule has 1 saturated heterocycles. The third-order valence-electron chi connectivity index (χ3n) is 8.71. The van der Waals surface area contributed by atoms with E-state index in [1.807, 2.05) is 13.8 Å². The monoisotopic (exact) mass is 448 g/mol. The molecule has 1 fully saturated rings. The first kappa shape index (κ1) is 27.6. The Bertz CT molecular complexity index is 622. The van der Waals surface area contributed by atoms with Gasteiger partial charge in [-0.1, -0.05) is 59.5 Å². The highest BCUT2D eigenvalue weighted by Gasteiger charge is 2.40. The van der Waals surface area contributed by atoms with Crippen LogP contribution in [0.25, 0.3) is 0 Å². The van der Waals surface area contributed by atoms with Gasteiger partial charge in [-0.3, -0.25) is 4.79 Å². The first-order valence-electron chi connectivity index (χ1n) is 13.5. The predicted octanol–water partition coefficient (Wildman–Crippen LogP) is 7.65. The fourth-order valence-electron chi connectivity index (χ4n) is 5.61. The zero-order valence-corrected chi connectivity index (χ0v) is 22.2. The summed E-state index contributed by atoms with van der Waals surface area (Å²) >= 11 is 0. The standard InChI is InChI=1S/C29H52O3/c1-21(11-8-17-28(6,31)18-10-13-23(3)25(5)30)12-9-19-29(7)20-16-26-15-14-22(2)24(4)27(26)32-29/h15,21-24,27,31H,8-14,16-20H2,1-7H3. The summed E-state index contributed by atoms with van der Waals surface area (Å²) in [5.41, 5.74) is 0.996. The van der Waals surface area contributed by atoms with Crippen LogP contribution in [0.4, 0.5) is 0 Å². The Hall–Kier alpha value is -0.670. The first-order valence-corrected chi connectivity index (χ1v) is 13.5. The van der Waals surface area contributed by atoms with Crippen molar-refractivity contribution in [1.82, 2.24) is 0 Å². The minimum atomic E-state index is -0.599. The van der Waals surface area contributed by atoms with E-state index in [-0.39, 0.29) is 17.3 Å². The van der Waals surface area contributed by atoms with Gasteiger partial charge in [0, 0.05) is 5.92 Å². The summed E-state index contributed by atoms with van der Waals surface area (Å²) in [6, 6.07) is 0. The molecule has 7 atom stereocenters. The van der Waals surface area contributed by atoms with E-state index in [1.54, 1.807) is 12.5 Å². The summed E-state index contributed by atoms with van der Waals surface area (Å²) in [6.07, 6.45) is 15.8. The molecule has 32 heavy (non-hydrogen) atoms. The second-order valence-corrected chi connectivity index (χ2v) is 12.1. The quantitative estimate of drug-likeness (QED) is 0.294. The summed E-state index contributed by atoms with van der Waals surface area (Å²) in [5, 5.41) is 10.7. The fourth-order valence-corrected chi connectivity index (χ4v) is 5.61. The largest absolute Gasteiger partial charge is 0.390 e. The van der Waals surface area contributed by atoms with Crippen LogP contribution in [0.1, 0.15) is 126 Å². The van der Waals surface area contributed by atoms with Crippen LogP contribution in [-0.4, -0.2) is 28.2 Å². The Labute approximate surface area is 198 Å². The van der Waals surface area contributed by atoms with E-state index in [0.29, 0.717) is 17.9 Å². The van der Waals surface area contributed by atoms with Crippen molar-refractivity contribution in [1.29, 1.82) is 0 Å². The minimum absolute atomic E-state index is 0.0354. The number of ketones is 1. The van der Waals surface area contributed by atoms with Crippen molar-refractivity contribution in [2.45, 2.75) is 143 Å². The average Bonchev–Trinajstić information content (AvgIpc) is 2.70. The van der Waals surface area contributed by atoms with Crippen LogP contribution in [0, 0.1) is 23.7 Å². The number of aliphatic hydroxyl groups is 1. The number of Topliss-reactive ketones (excluding diaryl/α,β-unsaturated/α-hetero) is 1. The minimum Gasteiger partial charge on any atom is -0.390 e. The van der Waals surface area contributed by atoms with Crippen molar-refractivity contribution < 1.29 is 14.6 Å². The molecule has 0 aromatic carbocycles. The van der Waals surface area contributed by atoms with Crippen molar-refractivity contribution in [2.75, 3.05) is 0 Å². The normalized spacial score (nSPS) is 31.9. The molecule has 0 aromatic heterocycles. The number of hydrogen-bond acceptors (Lipinski definition) is 3. The molecule has 0 bridgehead atoms. The van der Waals surface area contributed by atoms with Gasteiger partial charge in [-0.15, -0.1) is 0 Å². The first-order chi connectivity index (χ1) is 14.9. The number of rotatable bonds is 13. The second kappa shape index (κ2) is 12.2. The van der Waals surface area contributed by atoms with Gasteiger partial charge >= 0.3 is 0 Å². The van der Waals surface area contributed by atoms with Gasteiger partial charge in [0.1, 0.15) is 5.78 Å². The van der Waals surface area contributed by atoms with Crippen molar-refractivity contribution in [3.8, 4) is 0 Å². The molecule has 0 spiro atoms. The number of allylic oxidation sites excluding steroid dienone is 1. The lowest BCUT2D eigenvalue weighted by atomic mass is 9.74. The van der Waals surface area contributed by atoms with Gasteiger partial charge in [0.15, 0.2) is 0 Å². The maximum Gasteiger partial charge on any atom is 0.132 e. The third kappa shape index (κ3) is 8.60. The van der Waals surface area contributed by atoms with Crippen LogP contribution in [0.3, 0.4) is 0 Å². The van der Waals surface area contributed by atoms with E-state index >= 15 is 0 Å². The molecule has 1 aliphatic heterocycles. The highest BCUT2D eigenvalue weighted by Crippen LogP contribution is 2.43. The smallest absolute Gasteiger partial charge is 0.132 e. The maximum absolute atomic E-state index is 11.4. The van der Waals surface area contributed by atoms with E-state index in [9.17, 15) is 9.90 Å². The molecule has 1 N–H and O–H groups in total. The van der Waals surface area contributed by atoms with Crippen molar-refractivity contribution in [3.05, 3.63) is 11.6 Å². The van der Waals surface area contributed by atoms with Crippen LogP contribution in [-0.2, 0) is 9.53 Å². The SMILES string of the molecule is CC(=O)C(C)CCCC(C)(O)CCCC(C)CCCC1(C)CCC2=CCC(C)C(C)C2O1. The lowest BCUT2D eigenvalue weighted by Crippen LogP contribution is -2.45. The predicted molar refractivity (Wildman–Crippen MR) is 135 cm³/mol.